The number of ether oxygens (including phenoxy) is 1. The number of rotatable bonds is 7. The van der Waals surface area contributed by atoms with Gasteiger partial charge in [0.2, 0.25) is 11.8 Å². The lowest BCUT2D eigenvalue weighted by atomic mass is 9.96. The van der Waals surface area contributed by atoms with Crippen LogP contribution in [0.2, 0.25) is 0 Å². The SMILES string of the molecule is CCN(Cc1cc(C)ccc1-c1cc(CC(=O)O)cnc1OC)C(C)=O. The summed E-state index contributed by atoms with van der Waals surface area (Å²) in [6.07, 6.45) is 1.40. The van der Waals surface area contributed by atoms with Crippen molar-refractivity contribution in [3.05, 3.63) is 47.2 Å². The van der Waals surface area contributed by atoms with Gasteiger partial charge in [0, 0.05) is 31.8 Å². The minimum absolute atomic E-state index is 0.00433. The molecule has 2 rings (SSSR count). The second kappa shape index (κ2) is 8.47. The Bertz CT molecular complexity index is 817. The molecule has 0 aliphatic heterocycles. The summed E-state index contributed by atoms with van der Waals surface area (Å²) in [6.45, 7) is 6.56. The second-order valence-corrected chi connectivity index (χ2v) is 6.16. The van der Waals surface area contributed by atoms with Crippen molar-refractivity contribution < 1.29 is 19.4 Å². The molecule has 0 atom stereocenters. The highest BCUT2D eigenvalue weighted by atomic mass is 16.5. The number of hydrogen-bond acceptors (Lipinski definition) is 4. The van der Waals surface area contributed by atoms with E-state index >= 15 is 0 Å². The molecule has 26 heavy (non-hydrogen) atoms. The zero-order valence-electron chi connectivity index (χ0n) is 15.6. The van der Waals surface area contributed by atoms with Crippen LogP contribution in [0.1, 0.15) is 30.5 Å². The number of carbonyl (C=O) groups is 2. The molecule has 0 radical (unpaired) electrons. The number of benzene rings is 1. The fourth-order valence-electron chi connectivity index (χ4n) is 2.89. The van der Waals surface area contributed by atoms with Crippen molar-refractivity contribution in [2.75, 3.05) is 13.7 Å². The molecule has 1 amide bonds. The molecule has 0 fully saturated rings. The van der Waals surface area contributed by atoms with Gasteiger partial charge in [-0.3, -0.25) is 9.59 Å². The largest absolute Gasteiger partial charge is 0.481 e. The van der Waals surface area contributed by atoms with Gasteiger partial charge < -0.3 is 14.7 Å². The highest BCUT2D eigenvalue weighted by Crippen LogP contribution is 2.33. The summed E-state index contributed by atoms with van der Waals surface area (Å²) in [4.78, 5) is 28.9. The van der Waals surface area contributed by atoms with Crippen molar-refractivity contribution in [3.8, 4) is 17.0 Å². The molecule has 2 aromatic rings. The van der Waals surface area contributed by atoms with Gasteiger partial charge in [-0.05, 0) is 36.6 Å². The van der Waals surface area contributed by atoms with Gasteiger partial charge in [0.25, 0.3) is 0 Å². The van der Waals surface area contributed by atoms with Gasteiger partial charge in [-0.1, -0.05) is 23.8 Å². The fourth-order valence-corrected chi connectivity index (χ4v) is 2.89. The smallest absolute Gasteiger partial charge is 0.307 e. The molecule has 0 spiro atoms. The zero-order chi connectivity index (χ0) is 19.3. The molecule has 6 nitrogen and oxygen atoms in total. The maximum absolute atomic E-state index is 11.8. The molecule has 1 aromatic carbocycles. The summed E-state index contributed by atoms with van der Waals surface area (Å²) >= 11 is 0. The van der Waals surface area contributed by atoms with E-state index in [1.54, 1.807) is 17.9 Å². The summed E-state index contributed by atoms with van der Waals surface area (Å²) in [5, 5.41) is 9.05. The highest BCUT2D eigenvalue weighted by Gasteiger charge is 2.16. The molecule has 0 bridgehead atoms. The number of aryl methyl sites for hydroxylation is 1. The first-order chi connectivity index (χ1) is 12.3. The Labute approximate surface area is 153 Å². The number of nitrogens with zero attached hydrogens (tertiary/aromatic N) is 2. The van der Waals surface area contributed by atoms with Gasteiger partial charge in [-0.25, -0.2) is 4.98 Å². The molecule has 1 aromatic heterocycles. The number of carboxylic acids is 1. The Balaban J connectivity index is 2.56. The second-order valence-electron chi connectivity index (χ2n) is 6.16. The van der Waals surface area contributed by atoms with E-state index in [-0.39, 0.29) is 12.3 Å². The lowest BCUT2D eigenvalue weighted by Crippen LogP contribution is -2.28. The Hall–Kier alpha value is -2.89. The lowest BCUT2D eigenvalue weighted by molar-refractivity contribution is -0.136. The summed E-state index contributed by atoms with van der Waals surface area (Å²) in [5.74, 6) is -0.486. The average Bonchev–Trinajstić information content (AvgIpc) is 2.59. The van der Waals surface area contributed by atoms with E-state index < -0.39 is 5.97 Å². The van der Waals surface area contributed by atoms with Crippen LogP contribution >= 0.6 is 0 Å². The van der Waals surface area contributed by atoms with Gasteiger partial charge in [0.05, 0.1) is 13.5 Å². The van der Waals surface area contributed by atoms with E-state index in [2.05, 4.69) is 4.98 Å². The van der Waals surface area contributed by atoms with Crippen molar-refractivity contribution >= 4 is 11.9 Å². The monoisotopic (exact) mass is 356 g/mol. The molecule has 0 aliphatic carbocycles. The Morgan fingerprint density at radius 2 is 1.96 bits per heavy atom. The van der Waals surface area contributed by atoms with Crippen LogP contribution < -0.4 is 4.74 Å². The minimum Gasteiger partial charge on any atom is -0.481 e. The van der Waals surface area contributed by atoms with Crippen LogP contribution in [0.5, 0.6) is 5.88 Å². The highest BCUT2D eigenvalue weighted by molar-refractivity contribution is 5.77. The molecule has 0 unspecified atom stereocenters. The molecule has 1 N–H and O–H groups in total. The number of carboxylic acid groups (broad SMARTS) is 1. The average molecular weight is 356 g/mol. The third-order valence-corrected chi connectivity index (χ3v) is 4.20. The Morgan fingerprint density at radius 3 is 2.54 bits per heavy atom. The van der Waals surface area contributed by atoms with Gasteiger partial charge in [-0.2, -0.15) is 0 Å². The first kappa shape index (κ1) is 19.4. The van der Waals surface area contributed by atoms with Crippen molar-refractivity contribution in [2.45, 2.75) is 33.7 Å². The topological polar surface area (TPSA) is 79.7 Å². The summed E-state index contributed by atoms with van der Waals surface area (Å²) in [5.41, 5.74) is 4.25. The first-order valence-corrected chi connectivity index (χ1v) is 8.45. The third-order valence-electron chi connectivity index (χ3n) is 4.20. The van der Waals surface area contributed by atoms with Crippen LogP contribution in [-0.2, 0) is 22.6 Å². The number of carbonyl (C=O) groups excluding carboxylic acids is 1. The van der Waals surface area contributed by atoms with E-state index in [0.717, 1.165) is 22.3 Å². The molecular formula is C20H24N2O4. The molecule has 1 heterocycles. The standard InChI is InChI=1S/C20H24N2O4/c1-5-22(14(3)23)12-16-8-13(2)6-7-17(16)18-9-15(10-19(24)25)11-21-20(18)26-4/h6-9,11H,5,10,12H2,1-4H3,(H,24,25). The van der Waals surface area contributed by atoms with E-state index in [4.69, 9.17) is 9.84 Å². The number of hydrogen-bond donors (Lipinski definition) is 1. The maximum Gasteiger partial charge on any atom is 0.307 e. The number of methoxy groups -OCH3 is 1. The van der Waals surface area contributed by atoms with Crippen LogP contribution in [0.3, 0.4) is 0 Å². The molecule has 0 saturated heterocycles. The fraction of sp³-hybridized carbons (Fsp3) is 0.350. The van der Waals surface area contributed by atoms with Crippen LogP contribution in [-0.4, -0.2) is 40.5 Å². The predicted octanol–water partition coefficient (Wildman–Crippen LogP) is 3.06. The van der Waals surface area contributed by atoms with E-state index in [0.29, 0.717) is 24.5 Å². The van der Waals surface area contributed by atoms with Crippen molar-refractivity contribution in [2.24, 2.45) is 0 Å². The van der Waals surface area contributed by atoms with Gasteiger partial charge in [-0.15, -0.1) is 0 Å². The quantitative estimate of drug-likeness (QED) is 0.825. The summed E-state index contributed by atoms with van der Waals surface area (Å²) < 4.78 is 5.38. The maximum atomic E-state index is 11.8. The predicted molar refractivity (Wildman–Crippen MR) is 99.1 cm³/mol. The van der Waals surface area contributed by atoms with E-state index in [1.807, 2.05) is 32.0 Å². The van der Waals surface area contributed by atoms with Crippen LogP contribution in [0.25, 0.3) is 11.1 Å². The molecular weight excluding hydrogens is 332 g/mol. The van der Waals surface area contributed by atoms with Crippen molar-refractivity contribution in [3.63, 3.8) is 0 Å². The number of amides is 1. The van der Waals surface area contributed by atoms with Crippen LogP contribution in [0.15, 0.2) is 30.5 Å². The van der Waals surface area contributed by atoms with Gasteiger partial charge >= 0.3 is 5.97 Å². The Kier molecular flexibility index (Phi) is 6.33. The number of pyridine rings is 1. The molecule has 0 aliphatic rings. The normalized spacial score (nSPS) is 10.5. The number of aromatic nitrogens is 1. The van der Waals surface area contributed by atoms with Crippen molar-refractivity contribution in [1.82, 2.24) is 9.88 Å². The summed E-state index contributed by atoms with van der Waals surface area (Å²) in [6, 6.07) is 7.76. The lowest BCUT2D eigenvalue weighted by Gasteiger charge is -2.22. The van der Waals surface area contributed by atoms with Crippen LogP contribution in [0, 0.1) is 6.92 Å². The number of aliphatic carboxylic acids is 1. The Morgan fingerprint density at radius 1 is 1.23 bits per heavy atom. The minimum atomic E-state index is -0.916. The first-order valence-electron chi connectivity index (χ1n) is 8.45. The summed E-state index contributed by atoms with van der Waals surface area (Å²) in [7, 11) is 1.53. The van der Waals surface area contributed by atoms with E-state index in [9.17, 15) is 9.59 Å². The molecule has 6 heteroatoms. The van der Waals surface area contributed by atoms with Gasteiger partial charge in [0.1, 0.15) is 0 Å². The van der Waals surface area contributed by atoms with Crippen molar-refractivity contribution in [1.29, 1.82) is 0 Å². The molecule has 138 valence electrons. The van der Waals surface area contributed by atoms with Crippen LogP contribution in [0.4, 0.5) is 0 Å². The zero-order valence-corrected chi connectivity index (χ0v) is 15.6. The molecule has 0 saturated carbocycles. The van der Waals surface area contributed by atoms with E-state index in [1.165, 1.54) is 13.3 Å². The third kappa shape index (κ3) is 4.59. The van der Waals surface area contributed by atoms with Gasteiger partial charge in [0.15, 0.2) is 0 Å².